The summed E-state index contributed by atoms with van der Waals surface area (Å²) in [7, 11) is 0. The van der Waals surface area contributed by atoms with Crippen molar-refractivity contribution in [2.24, 2.45) is 0 Å². The summed E-state index contributed by atoms with van der Waals surface area (Å²) in [6.45, 7) is 0. The third kappa shape index (κ3) is 2.73. The molecular formula is C21H17BrO2. The molecule has 0 atom stereocenters. The van der Waals surface area contributed by atoms with Crippen molar-refractivity contribution in [1.29, 1.82) is 0 Å². The quantitative estimate of drug-likeness (QED) is 0.577. The van der Waals surface area contributed by atoms with Gasteiger partial charge in [0.05, 0.1) is 5.56 Å². The number of halogens is 1. The summed E-state index contributed by atoms with van der Waals surface area (Å²) in [6, 6.07) is 17.8. The van der Waals surface area contributed by atoms with Crippen molar-refractivity contribution in [3.05, 3.63) is 80.6 Å². The fourth-order valence-electron chi connectivity index (χ4n) is 3.49. The Morgan fingerprint density at radius 3 is 2.17 bits per heavy atom. The van der Waals surface area contributed by atoms with Crippen LogP contribution in [0.4, 0.5) is 0 Å². The highest BCUT2D eigenvalue weighted by Gasteiger charge is 2.23. The van der Waals surface area contributed by atoms with Crippen molar-refractivity contribution in [2.75, 3.05) is 0 Å². The second kappa shape index (κ2) is 6.40. The van der Waals surface area contributed by atoms with Crippen LogP contribution in [0.25, 0.3) is 22.5 Å². The summed E-state index contributed by atoms with van der Waals surface area (Å²) in [5, 5.41) is 0. The molecule has 0 amide bonds. The van der Waals surface area contributed by atoms with Gasteiger partial charge in [0.2, 0.25) is 0 Å². The number of benzene rings is 2. The summed E-state index contributed by atoms with van der Waals surface area (Å²) >= 11 is 3.46. The van der Waals surface area contributed by atoms with Gasteiger partial charge in [0.15, 0.2) is 0 Å². The smallest absolute Gasteiger partial charge is 0.344 e. The molecule has 2 aromatic carbocycles. The van der Waals surface area contributed by atoms with E-state index >= 15 is 0 Å². The molecule has 0 N–H and O–H groups in total. The molecule has 0 unspecified atom stereocenters. The molecule has 1 aliphatic carbocycles. The predicted octanol–water partition coefficient (Wildman–Crippen LogP) is 5.62. The Morgan fingerprint density at radius 2 is 1.46 bits per heavy atom. The van der Waals surface area contributed by atoms with E-state index in [9.17, 15) is 4.79 Å². The van der Waals surface area contributed by atoms with Gasteiger partial charge in [-0.3, -0.25) is 0 Å². The Hall–Kier alpha value is -2.13. The zero-order chi connectivity index (χ0) is 16.5. The van der Waals surface area contributed by atoms with Crippen molar-refractivity contribution in [2.45, 2.75) is 25.7 Å². The lowest BCUT2D eigenvalue weighted by Crippen LogP contribution is -2.15. The van der Waals surface area contributed by atoms with Gasteiger partial charge < -0.3 is 4.42 Å². The first-order valence-electron chi connectivity index (χ1n) is 8.24. The third-order valence-corrected chi connectivity index (χ3v) is 5.14. The first-order chi connectivity index (χ1) is 11.7. The van der Waals surface area contributed by atoms with Gasteiger partial charge in [0.25, 0.3) is 0 Å². The summed E-state index contributed by atoms with van der Waals surface area (Å²) in [4.78, 5) is 12.8. The van der Waals surface area contributed by atoms with E-state index in [0.29, 0.717) is 0 Å². The maximum Gasteiger partial charge on any atom is 0.344 e. The zero-order valence-corrected chi connectivity index (χ0v) is 14.8. The first-order valence-corrected chi connectivity index (χ1v) is 9.03. The number of hydrogen-bond acceptors (Lipinski definition) is 2. The number of fused-ring (bicyclic) bond motifs is 1. The maximum absolute atomic E-state index is 12.8. The predicted molar refractivity (Wildman–Crippen MR) is 100 cm³/mol. The molecule has 1 aliphatic rings. The van der Waals surface area contributed by atoms with Crippen LogP contribution in [0.1, 0.15) is 24.0 Å². The summed E-state index contributed by atoms with van der Waals surface area (Å²) in [5.41, 5.74) is 4.79. The van der Waals surface area contributed by atoms with Crippen molar-refractivity contribution >= 4 is 15.9 Å². The van der Waals surface area contributed by atoms with Crippen molar-refractivity contribution < 1.29 is 4.42 Å². The molecule has 0 saturated heterocycles. The van der Waals surface area contributed by atoms with Gasteiger partial charge in [0.1, 0.15) is 5.76 Å². The second-order valence-electron chi connectivity index (χ2n) is 6.13. The highest BCUT2D eigenvalue weighted by Crippen LogP contribution is 2.35. The molecule has 0 radical (unpaired) electrons. The molecule has 0 bridgehead atoms. The van der Waals surface area contributed by atoms with E-state index in [1.807, 2.05) is 54.6 Å². The van der Waals surface area contributed by atoms with Crippen LogP contribution in [0.5, 0.6) is 0 Å². The van der Waals surface area contributed by atoms with E-state index in [1.54, 1.807) is 0 Å². The van der Waals surface area contributed by atoms with Gasteiger partial charge in [-0.25, -0.2) is 4.79 Å². The van der Waals surface area contributed by atoms with Gasteiger partial charge in [0, 0.05) is 10.0 Å². The van der Waals surface area contributed by atoms with Crippen LogP contribution in [0.15, 0.2) is 68.3 Å². The van der Waals surface area contributed by atoms with Crippen LogP contribution in [-0.4, -0.2) is 0 Å². The second-order valence-corrected chi connectivity index (χ2v) is 7.05. The molecule has 1 heterocycles. The standard InChI is InChI=1S/C21H17BrO2/c22-16-12-10-15(11-13-16)20-18-9-5-4-8-17(18)19(21(23)24-20)14-6-2-1-3-7-14/h1-3,6-7,10-13H,4-5,8-9H2. The molecule has 3 heteroatoms. The molecule has 120 valence electrons. The van der Waals surface area contributed by atoms with E-state index in [1.165, 1.54) is 11.1 Å². The molecular weight excluding hydrogens is 364 g/mol. The van der Waals surface area contributed by atoms with Crippen molar-refractivity contribution in [3.8, 4) is 22.5 Å². The van der Waals surface area contributed by atoms with Gasteiger partial charge in [-0.05, 0) is 54.5 Å². The minimum atomic E-state index is -0.236. The van der Waals surface area contributed by atoms with Crippen LogP contribution in [0, 0.1) is 0 Å². The Balaban J connectivity index is 1.97. The first kappa shape index (κ1) is 15.4. The molecule has 1 aromatic heterocycles. The minimum absolute atomic E-state index is 0.236. The summed E-state index contributed by atoms with van der Waals surface area (Å²) < 4.78 is 6.83. The Bertz CT molecular complexity index is 925. The minimum Gasteiger partial charge on any atom is -0.422 e. The highest BCUT2D eigenvalue weighted by atomic mass is 79.9. The summed E-state index contributed by atoms with van der Waals surface area (Å²) in [5.74, 6) is 0.738. The van der Waals surface area contributed by atoms with Crippen molar-refractivity contribution in [3.63, 3.8) is 0 Å². The topological polar surface area (TPSA) is 30.2 Å². The van der Waals surface area contributed by atoms with Crippen LogP contribution in [0.3, 0.4) is 0 Å². The lowest BCUT2D eigenvalue weighted by molar-refractivity contribution is 0.510. The molecule has 3 aromatic rings. The lowest BCUT2D eigenvalue weighted by Gasteiger charge is -2.21. The van der Waals surface area contributed by atoms with Crippen molar-refractivity contribution in [1.82, 2.24) is 0 Å². The highest BCUT2D eigenvalue weighted by molar-refractivity contribution is 9.10. The van der Waals surface area contributed by atoms with Gasteiger partial charge >= 0.3 is 5.63 Å². The fourth-order valence-corrected chi connectivity index (χ4v) is 3.76. The molecule has 0 saturated carbocycles. The largest absolute Gasteiger partial charge is 0.422 e. The van der Waals surface area contributed by atoms with Crippen LogP contribution in [-0.2, 0) is 12.8 Å². The molecule has 24 heavy (non-hydrogen) atoms. The lowest BCUT2D eigenvalue weighted by atomic mass is 9.85. The van der Waals surface area contributed by atoms with Crippen LogP contribution in [0.2, 0.25) is 0 Å². The van der Waals surface area contributed by atoms with E-state index in [2.05, 4.69) is 15.9 Å². The van der Waals surface area contributed by atoms with Crippen LogP contribution < -0.4 is 5.63 Å². The van der Waals surface area contributed by atoms with Gasteiger partial charge in [-0.2, -0.15) is 0 Å². The molecule has 4 rings (SSSR count). The van der Waals surface area contributed by atoms with E-state index in [0.717, 1.165) is 52.6 Å². The molecule has 2 nitrogen and oxygen atoms in total. The van der Waals surface area contributed by atoms with Crippen LogP contribution >= 0.6 is 15.9 Å². The average Bonchev–Trinajstić information content (AvgIpc) is 2.62. The third-order valence-electron chi connectivity index (χ3n) is 4.61. The monoisotopic (exact) mass is 380 g/mol. The van der Waals surface area contributed by atoms with E-state index in [-0.39, 0.29) is 5.63 Å². The SMILES string of the molecule is O=c1oc(-c2ccc(Br)cc2)c2c(c1-c1ccccc1)CCCC2. The fraction of sp³-hybridized carbons (Fsp3) is 0.190. The molecule has 0 spiro atoms. The zero-order valence-electron chi connectivity index (χ0n) is 13.2. The van der Waals surface area contributed by atoms with Gasteiger partial charge in [-0.1, -0.05) is 58.4 Å². The maximum atomic E-state index is 12.8. The van der Waals surface area contributed by atoms with E-state index < -0.39 is 0 Å². The molecule has 0 aliphatic heterocycles. The van der Waals surface area contributed by atoms with Gasteiger partial charge in [-0.15, -0.1) is 0 Å². The Labute approximate surface area is 149 Å². The number of hydrogen-bond donors (Lipinski definition) is 0. The number of rotatable bonds is 2. The Morgan fingerprint density at radius 1 is 0.792 bits per heavy atom. The molecule has 0 fully saturated rings. The average molecular weight is 381 g/mol. The Kier molecular flexibility index (Phi) is 4.11. The van der Waals surface area contributed by atoms with E-state index in [4.69, 9.17) is 4.42 Å². The normalized spacial score (nSPS) is 13.5. The summed E-state index contributed by atoms with van der Waals surface area (Å²) in [6.07, 6.45) is 4.16.